The van der Waals surface area contributed by atoms with E-state index in [9.17, 15) is 35.1 Å². The van der Waals surface area contributed by atoms with Crippen LogP contribution in [0.1, 0.15) is 58.5 Å². The largest absolute Gasteiger partial charge is 0.506 e. The number of hydrogen-bond acceptors (Lipinski definition) is 10. The zero-order valence-electron chi connectivity index (χ0n) is 24.4. The van der Waals surface area contributed by atoms with Crippen molar-refractivity contribution in [3.8, 4) is 45.6 Å². The Labute approximate surface area is 246 Å². The fourth-order valence-electron chi connectivity index (χ4n) is 6.83. The number of benzene rings is 4. The molecule has 0 aliphatic heterocycles. The van der Waals surface area contributed by atoms with Crippen LogP contribution in [0.15, 0.2) is 24.3 Å². The molecule has 0 radical (unpaired) electrons. The topological polar surface area (TPSA) is 163 Å². The summed E-state index contributed by atoms with van der Waals surface area (Å²) in [7, 11) is 4.18. The summed E-state index contributed by atoms with van der Waals surface area (Å²) in [5.41, 5.74) is -1.27. The van der Waals surface area contributed by atoms with E-state index in [1.165, 1.54) is 21.3 Å². The molecular formula is C33H32O10. The molecule has 43 heavy (non-hydrogen) atoms. The second-order valence-corrected chi connectivity index (χ2v) is 12.1. The molecule has 10 nitrogen and oxygen atoms in total. The highest BCUT2D eigenvalue weighted by Gasteiger charge is 2.38. The van der Waals surface area contributed by atoms with E-state index in [0.29, 0.717) is 21.9 Å². The van der Waals surface area contributed by atoms with Gasteiger partial charge in [-0.25, -0.2) is 0 Å². The van der Waals surface area contributed by atoms with E-state index < -0.39 is 34.3 Å². The van der Waals surface area contributed by atoms with Crippen LogP contribution >= 0.6 is 0 Å². The summed E-state index contributed by atoms with van der Waals surface area (Å²) >= 11 is 0. The SMILES string of the molecule is COc1cc2cc3c(c(O)c2c(O)c1-c1c(OC)cc2cc4c(c(O)c2c1OC)C(=O)CC(C)(O)C4)C(=O)CC(C)(O)C3. The second-order valence-electron chi connectivity index (χ2n) is 12.1. The van der Waals surface area contributed by atoms with Gasteiger partial charge in [0.25, 0.3) is 0 Å². The lowest BCUT2D eigenvalue weighted by molar-refractivity contribution is 0.0396. The van der Waals surface area contributed by atoms with Crippen LogP contribution in [0.4, 0.5) is 0 Å². The Bertz CT molecular complexity index is 1900. The molecule has 2 unspecified atom stereocenters. The highest BCUT2D eigenvalue weighted by atomic mass is 16.5. The maximum Gasteiger partial charge on any atom is 0.169 e. The van der Waals surface area contributed by atoms with Gasteiger partial charge < -0.3 is 39.7 Å². The van der Waals surface area contributed by atoms with Crippen molar-refractivity contribution < 1.29 is 49.3 Å². The molecule has 4 aromatic carbocycles. The zero-order valence-corrected chi connectivity index (χ0v) is 24.4. The van der Waals surface area contributed by atoms with E-state index in [0.717, 1.165) is 0 Å². The van der Waals surface area contributed by atoms with Gasteiger partial charge in [-0.2, -0.15) is 0 Å². The average Bonchev–Trinajstić information content (AvgIpc) is 2.89. The molecule has 0 amide bonds. The molecule has 4 aromatic rings. The maximum atomic E-state index is 13.0. The summed E-state index contributed by atoms with van der Waals surface area (Å²) in [6, 6.07) is 6.53. The van der Waals surface area contributed by atoms with Gasteiger partial charge in [0, 0.05) is 25.7 Å². The smallest absolute Gasteiger partial charge is 0.169 e. The molecule has 0 bridgehead atoms. The molecule has 10 heteroatoms. The van der Waals surface area contributed by atoms with Gasteiger partial charge in [-0.3, -0.25) is 9.59 Å². The molecule has 0 saturated heterocycles. The Balaban J connectivity index is 1.71. The lowest BCUT2D eigenvalue weighted by Crippen LogP contribution is -2.35. The predicted octanol–water partition coefficient (Wildman–Crippen LogP) is 4.56. The lowest BCUT2D eigenvalue weighted by atomic mass is 9.78. The molecule has 2 aliphatic rings. The standard InChI is InChI=1S/C33H32O10/c1-32(39)10-16-6-14-8-20(41-3)26(30(38)24(14)28(36)22(16)18(34)12-32)27-21(42-4)9-15-7-17-11-33(2,40)13-19(35)23(17)29(37)25(15)31(27)43-5/h6-9,36-40H,10-13H2,1-5H3. The number of ether oxygens (including phenoxy) is 3. The van der Waals surface area contributed by atoms with Gasteiger partial charge in [-0.1, -0.05) is 0 Å². The molecular weight excluding hydrogens is 556 g/mol. The number of Topliss-reactive ketones (excluding diaryl/α,β-unsaturated/α-hetero) is 2. The minimum atomic E-state index is -1.28. The van der Waals surface area contributed by atoms with E-state index in [1.54, 1.807) is 38.1 Å². The van der Waals surface area contributed by atoms with Crippen molar-refractivity contribution in [2.75, 3.05) is 21.3 Å². The Morgan fingerprint density at radius 2 is 1.00 bits per heavy atom. The molecule has 0 saturated carbocycles. The molecule has 0 heterocycles. The van der Waals surface area contributed by atoms with Crippen LogP contribution in [0.2, 0.25) is 0 Å². The summed E-state index contributed by atoms with van der Waals surface area (Å²) < 4.78 is 17.2. The lowest BCUT2D eigenvalue weighted by Gasteiger charge is -2.30. The molecule has 5 N–H and O–H groups in total. The van der Waals surface area contributed by atoms with Gasteiger partial charge >= 0.3 is 0 Å². The summed E-state index contributed by atoms with van der Waals surface area (Å²) in [4.78, 5) is 26.0. The van der Waals surface area contributed by atoms with Gasteiger partial charge in [0.2, 0.25) is 0 Å². The monoisotopic (exact) mass is 588 g/mol. The van der Waals surface area contributed by atoms with E-state index in [1.807, 2.05) is 0 Å². The molecule has 0 aromatic heterocycles. The number of fused-ring (bicyclic) bond motifs is 4. The number of methoxy groups -OCH3 is 3. The van der Waals surface area contributed by atoms with Gasteiger partial charge in [0.1, 0.15) is 34.5 Å². The highest BCUT2D eigenvalue weighted by Crippen LogP contribution is 2.56. The van der Waals surface area contributed by atoms with E-state index in [-0.39, 0.29) is 81.7 Å². The molecule has 2 atom stereocenters. The Kier molecular flexibility index (Phi) is 6.30. The first-order chi connectivity index (χ1) is 20.2. The minimum absolute atomic E-state index is 0.0132. The third-order valence-electron chi connectivity index (χ3n) is 8.50. The van der Waals surface area contributed by atoms with Crippen LogP contribution in [0, 0.1) is 0 Å². The molecule has 0 fully saturated rings. The van der Waals surface area contributed by atoms with Crippen molar-refractivity contribution in [3.05, 3.63) is 46.5 Å². The maximum absolute atomic E-state index is 13.0. The van der Waals surface area contributed by atoms with Gasteiger partial charge in [0.05, 0.1) is 65.6 Å². The van der Waals surface area contributed by atoms with Crippen LogP contribution in [0.3, 0.4) is 0 Å². The number of hydrogen-bond donors (Lipinski definition) is 5. The molecule has 224 valence electrons. The van der Waals surface area contributed by atoms with Crippen molar-refractivity contribution in [1.82, 2.24) is 0 Å². The number of ketones is 2. The van der Waals surface area contributed by atoms with Crippen LogP contribution in [0.25, 0.3) is 32.7 Å². The van der Waals surface area contributed by atoms with Crippen molar-refractivity contribution in [2.24, 2.45) is 0 Å². The fraction of sp³-hybridized carbons (Fsp3) is 0.333. The first-order valence-electron chi connectivity index (χ1n) is 13.8. The molecule has 0 spiro atoms. The number of phenols is 3. The zero-order chi connectivity index (χ0) is 31.2. The van der Waals surface area contributed by atoms with Crippen molar-refractivity contribution >= 4 is 33.1 Å². The van der Waals surface area contributed by atoms with E-state index >= 15 is 0 Å². The summed E-state index contributed by atoms with van der Waals surface area (Å²) in [6.07, 6.45) is -0.0677. The summed E-state index contributed by atoms with van der Waals surface area (Å²) in [5.74, 6) is -1.62. The first-order valence-corrected chi connectivity index (χ1v) is 13.8. The van der Waals surface area contributed by atoms with Crippen molar-refractivity contribution in [2.45, 2.75) is 50.7 Å². The number of phenolic OH excluding ortho intramolecular Hbond substituents is 3. The Morgan fingerprint density at radius 1 is 0.581 bits per heavy atom. The molecule has 2 aliphatic carbocycles. The Morgan fingerprint density at radius 3 is 1.47 bits per heavy atom. The number of aliphatic hydroxyl groups is 2. The van der Waals surface area contributed by atoms with Crippen LogP contribution in [-0.2, 0) is 12.8 Å². The van der Waals surface area contributed by atoms with Crippen molar-refractivity contribution in [3.63, 3.8) is 0 Å². The normalized spacial score (nSPS) is 21.6. The van der Waals surface area contributed by atoms with Crippen molar-refractivity contribution in [1.29, 1.82) is 0 Å². The third-order valence-corrected chi connectivity index (χ3v) is 8.50. The number of carbonyl (C=O) groups excluding carboxylic acids is 2. The average molecular weight is 589 g/mol. The van der Waals surface area contributed by atoms with Crippen LogP contribution in [-0.4, -0.2) is 69.6 Å². The van der Waals surface area contributed by atoms with Crippen LogP contribution < -0.4 is 14.2 Å². The number of rotatable bonds is 4. The Hall–Kier alpha value is -4.54. The van der Waals surface area contributed by atoms with Gasteiger partial charge in [0.15, 0.2) is 11.6 Å². The minimum Gasteiger partial charge on any atom is -0.506 e. The second kappa shape index (κ2) is 9.48. The third kappa shape index (κ3) is 4.24. The summed E-state index contributed by atoms with van der Waals surface area (Å²) in [5, 5.41) is 56.8. The number of carbonyl (C=O) groups is 2. The fourth-order valence-corrected chi connectivity index (χ4v) is 6.83. The van der Waals surface area contributed by atoms with Crippen LogP contribution in [0.5, 0.6) is 34.5 Å². The van der Waals surface area contributed by atoms with Gasteiger partial charge in [-0.15, -0.1) is 0 Å². The quantitative estimate of drug-likeness (QED) is 0.228. The predicted molar refractivity (Wildman–Crippen MR) is 158 cm³/mol. The highest BCUT2D eigenvalue weighted by molar-refractivity contribution is 6.14. The number of aromatic hydroxyl groups is 3. The van der Waals surface area contributed by atoms with E-state index in [4.69, 9.17) is 14.2 Å². The van der Waals surface area contributed by atoms with E-state index in [2.05, 4.69) is 0 Å². The molecule has 6 rings (SSSR count). The summed E-state index contributed by atoms with van der Waals surface area (Å²) in [6.45, 7) is 3.12. The van der Waals surface area contributed by atoms with Gasteiger partial charge in [-0.05, 0) is 60.0 Å². The first kappa shape index (κ1) is 28.6.